The number of nitrogen functional groups attached to an aromatic ring is 1. The predicted octanol–water partition coefficient (Wildman–Crippen LogP) is 2.40. The van der Waals surface area contributed by atoms with Gasteiger partial charge in [0.2, 0.25) is 5.69 Å². The van der Waals surface area contributed by atoms with Crippen molar-refractivity contribution in [3.05, 3.63) is 45.5 Å². The quantitative estimate of drug-likeness (QED) is 0.365. The fourth-order valence-corrected chi connectivity index (χ4v) is 2.14. The molecule has 0 radical (unpaired) electrons. The number of Topliss-reactive ketones (excluding diaryl/α,β-unsaturated/α-hetero) is 1. The number of nitrogens with two attached hydrogens (primary N) is 1. The standard InChI is InChI=1S/C16H16N4O5/c1-3-13(21)9-5-7-12(19-15(9)20(23)24)11-8-6-10(14(17)18-11)16(22)25-4-2/h5-8H,3-4H2,1-2H3,(H2,17,18). The second kappa shape index (κ2) is 7.47. The Morgan fingerprint density at radius 2 is 1.72 bits per heavy atom. The first kappa shape index (κ1) is 18.0. The van der Waals surface area contributed by atoms with Gasteiger partial charge in [0, 0.05) is 6.42 Å². The lowest BCUT2D eigenvalue weighted by molar-refractivity contribution is -0.389. The average Bonchev–Trinajstić information content (AvgIpc) is 2.60. The number of ether oxygens (including phenoxy) is 1. The first-order valence-corrected chi connectivity index (χ1v) is 7.51. The van der Waals surface area contributed by atoms with Crippen molar-refractivity contribution in [1.82, 2.24) is 9.97 Å². The molecule has 0 saturated carbocycles. The SMILES string of the molecule is CCOC(=O)c1ccc(-c2ccc(C(=O)CC)c([N+](=O)[O-])n2)nc1N. The van der Waals surface area contributed by atoms with Crippen LogP contribution in [0.25, 0.3) is 11.4 Å². The van der Waals surface area contributed by atoms with Crippen LogP contribution in [-0.2, 0) is 4.74 Å². The maximum Gasteiger partial charge on any atom is 0.375 e. The number of anilines is 1. The van der Waals surface area contributed by atoms with Crippen molar-refractivity contribution in [3.8, 4) is 11.4 Å². The van der Waals surface area contributed by atoms with Crippen molar-refractivity contribution >= 4 is 23.4 Å². The van der Waals surface area contributed by atoms with E-state index >= 15 is 0 Å². The van der Waals surface area contributed by atoms with Gasteiger partial charge in [-0.15, -0.1) is 0 Å². The summed E-state index contributed by atoms with van der Waals surface area (Å²) in [6.07, 6.45) is 0.126. The Morgan fingerprint density at radius 1 is 1.12 bits per heavy atom. The van der Waals surface area contributed by atoms with E-state index in [1.54, 1.807) is 13.8 Å². The smallest absolute Gasteiger partial charge is 0.375 e. The van der Waals surface area contributed by atoms with Crippen molar-refractivity contribution in [1.29, 1.82) is 0 Å². The summed E-state index contributed by atoms with van der Waals surface area (Å²) in [5, 5.41) is 11.2. The molecular weight excluding hydrogens is 328 g/mol. The number of nitrogens with zero attached hydrogens (tertiary/aromatic N) is 3. The summed E-state index contributed by atoms with van der Waals surface area (Å²) in [5.41, 5.74) is 6.20. The van der Waals surface area contributed by atoms with E-state index < -0.39 is 16.7 Å². The van der Waals surface area contributed by atoms with Crippen molar-refractivity contribution in [2.24, 2.45) is 0 Å². The van der Waals surface area contributed by atoms with Gasteiger partial charge in [0.25, 0.3) is 0 Å². The van der Waals surface area contributed by atoms with Crippen LogP contribution in [0.3, 0.4) is 0 Å². The highest BCUT2D eigenvalue weighted by molar-refractivity contribution is 5.99. The molecule has 0 aliphatic heterocycles. The molecule has 0 aliphatic rings. The van der Waals surface area contributed by atoms with Crippen molar-refractivity contribution < 1.29 is 19.2 Å². The summed E-state index contributed by atoms with van der Waals surface area (Å²) in [6, 6.07) is 5.65. The number of esters is 1. The Hall–Kier alpha value is -3.36. The number of rotatable bonds is 6. The van der Waals surface area contributed by atoms with E-state index in [1.807, 2.05) is 0 Å². The summed E-state index contributed by atoms with van der Waals surface area (Å²) >= 11 is 0. The van der Waals surface area contributed by atoms with Gasteiger partial charge < -0.3 is 20.6 Å². The van der Waals surface area contributed by atoms with E-state index in [4.69, 9.17) is 10.5 Å². The zero-order valence-electron chi connectivity index (χ0n) is 13.7. The molecule has 25 heavy (non-hydrogen) atoms. The number of aromatic nitrogens is 2. The number of hydrogen-bond acceptors (Lipinski definition) is 8. The maximum atomic E-state index is 11.8. The maximum absolute atomic E-state index is 11.8. The Morgan fingerprint density at radius 3 is 2.24 bits per heavy atom. The van der Waals surface area contributed by atoms with Crippen LogP contribution in [0.15, 0.2) is 24.3 Å². The van der Waals surface area contributed by atoms with E-state index in [0.717, 1.165) is 0 Å². The minimum atomic E-state index is -0.720. The Kier molecular flexibility index (Phi) is 5.38. The van der Waals surface area contributed by atoms with Gasteiger partial charge in [-0.2, -0.15) is 0 Å². The second-order valence-electron chi connectivity index (χ2n) is 4.95. The molecular formula is C16H16N4O5. The summed E-state index contributed by atoms with van der Waals surface area (Å²) in [5.74, 6) is -1.61. The lowest BCUT2D eigenvalue weighted by atomic mass is 10.1. The lowest BCUT2D eigenvalue weighted by Gasteiger charge is -2.06. The van der Waals surface area contributed by atoms with Crippen LogP contribution in [0, 0.1) is 10.1 Å². The van der Waals surface area contributed by atoms with Crippen LogP contribution in [0.4, 0.5) is 11.6 Å². The topological polar surface area (TPSA) is 138 Å². The van der Waals surface area contributed by atoms with E-state index in [2.05, 4.69) is 9.97 Å². The van der Waals surface area contributed by atoms with Gasteiger partial charge in [0.05, 0.1) is 6.61 Å². The van der Waals surface area contributed by atoms with E-state index in [9.17, 15) is 19.7 Å². The van der Waals surface area contributed by atoms with Gasteiger partial charge in [-0.05, 0) is 41.1 Å². The second-order valence-corrected chi connectivity index (χ2v) is 4.95. The number of hydrogen-bond donors (Lipinski definition) is 1. The lowest BCUT2D eigenvalue weighted by Crippen LogP contribution is -2.10. The zero-order valence-corrected chi connectivity index (χ0v) is 13.7. The highest BCUT2D eigenvalue weighted by atomic mass is 16.6. The summed E-state index contributed by atoms with van der Waals surface area (Å²) in [7, 11) is 0. The molecule has 2 rings (SSSR count). The predicted molar refractivity (Wildman–Crippen MR) is 89.1 cm³/mol. The van der Waals surface area contributed by atoms with Gasteiger partial charge >= 0.3 is 11.8 Å². The third-order valence-corrected chi connectivity index (χ3v) is 3.35. The number of carbonyl (C=O) groups excluding carboxylic acids is 2. The van der Waals surface area contributed by atoms with Crippen molar-refractivity contribution in [2.45, 2.75) is 20.3 Å². The Labute approximate surface area is 143 Å². The molecule has 130 valence electrons. The van der Waals surface area contributed by atoms with Crippen LogP contribution in [0.5, 0.6) is 0 Å². The van der Waals surface area contributed by atoms with E-state index in [0.29, 0.717) is 0 Å². The first-order chi connectivity index (χ1) is 11.9. The fraction of sp³-hybridized carbons (Fsp3) is 0.250. The largest absolute Gasteiger partial charge is 0.462 e. The minimum absolute atomic E-state index is 0.0626. The van der Waals surface area contributed by atoms with E-state index in [-0.39, 0.29) is 47.1 Å². The monoisotopic (exact) mass is 344 g/mol. The van der Waals surface area contributed by atoms with Crippen molar-refractivity contribution in [3.63, 3.8) is 0 Å². The molecule has 0 saturated heterocycles. The molecule has 9 heteroatoms. The highest BCUT2D eigenvalue weighted by Crippen LogP contribution is 2.25. The highest BCUT2D eigenvalue weighted by Gasteiger charge is 2.23. The van der Waals surface area contributed by atoms with Crippen LogP contribution in [0.2, 0.25) is 0 Å². The number of ketones is 1. The third-order valence-electron chi connectivity index (χ3n) is 3.35. The number of pyridine rings is 2. The van der Waals surface area contributed by atoms with Gasteiger partial charge in [0.15, 0.2) is 5.78 Å². The normalized spacial score (nSPS) is 10.3. The molecule has 0 bridgehead atoms. The summed E-state index contributed by atoms with van der Waals surface area (Å²) in [6.45, 7) is 3.47. The van der Waals surface area contributed by atoms with Crippen LogP contribution < -0.4 is 5.73 Å². The molecule has 0 aromatic carbocycles. The molecule has 9 nitrogen and oxygen atoms in total. The van der Waals surface area contributed by atoms with Gasteiger partial charge in [-0.1, -0.05) is 6.92 Å². The van der Waals surface area contributed by atoms with Gasteiger partial charge in [-0.25, -0.2) is 9.78 Å². The van der Waals surface area contributed by atoms with Crippen LogP contribution in [-0.4, -0.2) is 33.3 Å². The van der Waals surface area contributed by atoms with Crippen LogP contribution in [0.1, 0.15) is 41.0 Å². The molecule has 0 unspecified atom stereocenters. The van der Waals surface area contributed by atoms with E-state index in [1.165, 1.54) is 24.3 Å². The molecule has 0 amide bonds. The Bertz CT molecular complexity index is 850. The molecule has 0 aliphatic carbocycles. The third kappa shape index (κ3) is 3.77. The van der Waals surface area contributed by atoms with Gasteiger partial charge in [0.1, 0.15) is 22.6 Å². The van der Waals surface area contributed by atoms with Crippen molar-refractivity contribution in [2.75, 3.05) is 12.3 Å². The number of carbonyl (C=O) groups is 2. The molecule has 2 aromatic rings. The average molecular weight is 344 g/mol. The van der Waals surface area contributed by atoms with Gasteiger partial charge in [-0.3, -0.25) is 4.79 Å². The minimum Gasteiger partial charge on any atom is -0.462 e. The first-order valence-electron chi connectivity index (χ1n) is 7.51. The molecule has 0 atom stereocenters. The number of nitro groups is 1. The fourth-order valence-electron chi connectivity index (χ4n) is 2.14. The molecule has 2 heterocycles. The molecule has 2 aromatic heterocycles. The molecule has 0 fully saturated rings. The summed E-state index contributed by atoms with van der Waals surface area (Å²) in [4.78, 5) is 41.9. The summed E-state index contributed by atoms with van der Waals surface area (Å²) < 4.78 is 4.86. The molecule has 0 spiro atoms. The van der Waals surface area contributed by atoms with Crippen LogP contribution >= 0.6 is 0 Å². The molecule has 2 N–H and O–H groups in total. The Balaban J connectivity index is 2.47. The zero-order chi connectivity index (χ0) is 18.6.